The molecule has 2 aromatic rings. The minimum atomic E-state index is -0.0747. The van der Waals surface area contributed by atoms with Crippen molar-refractivity contribution in [3.05, 3.63) is 45.5 Å². The molecule has 2 aromatic heterocycles. The smallest absolute Gasteiger partial charge is 0.258 e. The lowest BCUT2D eigenvalue weighted by molar-refractivity contribution is 0.0223. The van der Waals surface area contributed by atoms with Crippen LogP contribution in [-0.4, -0.2) is 65.1 Å². The molecule has 0 N–H and O–H groups in total. The molecule has 26 heavy (non-hydrogen) atoms. The highest BCUT2D eigenvalue weighted by Crippen LogP contribution is 2.20. The quantitative estimate of drug-likeness (QED) is 0.815. The second-order valence-electron chi connectivity index (χ2n) is 7.32. The first-order valence-corrected chi connectivity index (χ1v) is 9.75. The molecule has 2 aliphatic heterocycles. The third-order valence-corrected chi connectivity index (χ3v) is 5.51. The average molecular weight is 377 g/mol. The van der Waals surface area contributed by atoms with Gasteiger partial charge in [-0.25, -0.2) is 4.98 Å². The summed E-state index contributed by atoms with van der Waals surface area (Å²) >= 11 is 5.97. The molecule has 2 aliphatic rings. The Bertz CT molecular complexity index is 819. The molecular weight excluding hydrogens is 352 g/mol. The highest BCUT2D eigenvalue weighted by molar-refractivity contribution is 6.30. The Hall–Kier alpha value is -1.47. The molecule has 2 saturated heterocycles. The van der Waals surface area contributed by atoms with E-state index in [0.29, 0.717) is 16.6 Å². The summed E-state index contributed by atoms with van der Waals surface area (Å²) in [7, 11) is 0. The molecule has 7 heteroatoms. The Labute approximate surface area is 158 Å². The van der Waals surface area contributed by atoms with Gasteiger partial charge in [-0.3, -0.25) is 19.0 Å². The molecule has 4 heterocycles. The van der Waals surface area contributed by atoms with Gasteiger partial charge in [0.15, 0.2) is 0 Å². The molecule has 0 amide bonds. The summed E-state index contributed by atoms with van der Waals surface area (Å²) in [6.45, 7) is 7.81. The monoisotopic (exact) mass is 376 g/mol. The van der Waals surface area contributed by atoms with Crippen molar-refractivity contribution < 1.29 is 4.74 Å². The maximum absolute atomic E-state index is 12.3. The zero-order chi connectivity index (χ0) is 17.9. The molecule has 0 unspecified atom stereocenters. The van der Waals surface area contributed by atoms with Gasteiger partial charge in [0.05, 0.1) is 23.9 Å². The van der Waals surface area contributed by atoms with Crippen molar-refractivity contribution in [3.8, 4) is 0 Å². The van der Waals surface area contributed by atoms with E-state index in [1.165, 1.54) is 17.2 Å². The van der Waals surface area contributed by atoms with Crippen molar-refractivity contribution in [2.75, 3.05) is 45.9 Å². The van der Waals surface area contributed by atoms with Crippen molar-refractivity contribution >= 4 is 17.2 Å². The molecule has 0 bridgehead atoms. The third kappa shape index (κ3) is 4.26. The van der Waals surface area contributed by atoms with E-state index in [2.05, 4.69) is 14.8 Å². The number of ether oxygens (including phenoxy) is 1. The predicted molar refractivity (Wildman–Crippen MR) is 102 cm³/mol. The summed E-state index contributed by atoms with van der Waals surface area (Å²) in [5.41, 5.74) is 1.41. The third-order valence-electron chi connectivity index (χ3n) is 5.29. The van der Waals surface area contributed by atoms with Crippen LogP contribution in [0.3, 0.4) is 0 Å². The van der Waals surface area contributed by atoms with Crippen LogP contribution in [0.2, 0.25) is 5.02 Å². The fraction of sp³-hybridized carbons (Fsp3) is 0.579. The van der Waals surface area contributed by atoms with Crippen molar-refractivity contribution in [2.45, 2.75) is 19.4 Å². The number of piperidine rings is 1. The fourth-order valence-corrected chi connectivity index (χ4v) is 4.19. The number of fused-ring (bicyclic) bond motifs is 1. The van der Waals surface area contributed by atoms with E-state index in [1.807, 2.05) is 0 Å². The molecule has 4 rings (SSSR count). The van der Waals surface area contributed by atoms with Crippen molar-refractivity contribution in [3.63, 3.8) is 0 Å². The van der Waals surface area contributed by atoms with E-state index < -0.39 is 0 Å². The molecule has 1 atom stereocenters. The van der Waals surface area contributed by atoms with E-state index in [9.17, 15) is 4.79 Å². The number of pyridine rings is 1. The van der Waals surface area contributed by atoms with Gasteiger partial charge in [-0.1, -0.05) is 11.6 Å². The number of likely N-dealkylation sites (tertiary alicyclic amines) is 1. The fourth-order valence-electron chi connectivity index (χ4n) is 4.03. The first-order chi connectivity index (χ1) is 12.7. The van der Waals surface area contributed by atoms with E-state index in [1.54, 1.807) is 24.4 Å². The van der Waals surface area contributed by atoms with Crippen LogP contribution < -0.4 is 5.56 Å². The topological polar surface area (TPSA) is 50.1 Å². The van der Waals surface area contributed by atoms with Gasteiger partial charge in [-0.2, -0.15) is 0 Å². The summed E-state index contributed by atoms with van der Waals surface area (Å²) < 4.78 is 6.95. The molecule has 140 valence electrons. The number of hydrogen-bond acceptors (Lipinski definition) is 5. The van der Waals surface area contributed by atoms with Crippen LogP contribution in [-0.2, 0) is 11.3 Å². The normalized spacial score (nSPS) is 22.7. The lowest BCUT2D eigenvalue weighted by Gasteiger charge is -2.36. The van der Waals surface area contributed by atoms with Gasteiger partial charge in [-0.15, -0.1) is 0 Å². The summed E-state index contributed by atoms with van der Waals surface area (Å²) in [6.07, 6.45) is 4.10. The largest absolute Gasteiger partial charge is 0.379 e. The van der Waals surface area contributed by atoms with Gasteiger partial charge in [0, 0.05) is 45.0 Å². The number of morpholine rings is 1. The van der Waals surface area contributed by atoms with E-state index in [-0.39, 0.29) is 5.56 Å². The molecule has 0 aliphatic carbocycles. The number of halogens is 1. The number of rotatable bonds is 4. The molecular formula is C19H25ClN4O2. The van der Waals surface area contributed by atoms with Gasteiger partial charge in [0.25, 0.3) is 5.56 Å². The summed E-state index contributed by atoms with van der Waals surface area (Å²) in [5, 5.41) is 0.538. The van der Waals surface area contributed by atoms with Gasteiger partial charge in [0.1, 0.15) is 5.65 Å². The van der Waals surface area contributed by atoms with E-state index >= 15 is 0 Å². The van der Waals surface area contributed by atoms with E-state index in [0.717, 1.165) is 58.2 Å². The minimum Gasteiger partial charge on any atom is -0.379 e. The predicted octanol–water partition coefficient (Wildman–Crippen LogP) is 1.89. The molecule has 0 spiro atoms. The Morgan fingerprint density at radius 3 is 2.88 bits per heavy atom. The van der Waals surface area contributed by atoms with Crippen LogP contribution in [0.25, 0.3) is 5.65 Å². The molecule has 2 fully saturated rings. The Morgan fingerprint density at radius 1 is 1.19 bits per heavy atom. The zero-order valence-electron chi connectivity index (χ0n) is 14.9. The molecule has 0 radical (unpaired) electrons. The Kier molecular flexibility index (Phi) is 5.55. The van der Waals surface area contributed by atoms with Crippen LogP contribution in [0.5, 0.6) is 0 Å². The van der Waals surface area contributed by atoms with Crippen LogP contribution in [0.15, 0.2) is 29.2 Å². The molecule has 0 aromatic carbocycles. The summed E-state index contributed by atoms with van der Waals surface area (Å²) in [4.78, 5) is 21.9. The van der Waals surface area contributed by atoms with Gasteiger partial charge >= 0.3 is 0 Å². The second-order valence-corrected chi connectivity index (χ2v) is 7.75. The van der Waals surface area contributed by atoms with Crippen LogP contribution in [0.4, 0.5) is 0 Å². The van der Waals surface area contributed by atoms with Crippen LogP contribution in [0.1, 0.15) is 18.5 Å². The highest BCUT2D eigenvalue weighted by Gasteiger charge is 2.23. The van der Waals surface area contributed by atoms with Gasteiger partial charge < -0.3 is 4.74 Å². The van der Waals surface area contributed by atoms with Gasteiger partial charge in [0.2, 0.25) is 0 Å². The Balaban J connectivity index is 1.42. The highest BCUT2D eigenvalue weighted by atomic mass is 35.5. The molecule has 6 nitrogen and oxygen atoms in total. The number of nitrogens with zero attached hydrogens (tertiary/aromatic N) is 4. The van der Waals surface area contributed by atoms with Crippen LogP contribution >= 0.6 is 11.6 Å². The van der Waals surface area contributed by atoms with E-state index in [4.69, 9.17) is 16.3 Å². The van der Waals surface area contributed by atoms with Gasteiger partial charge in [-0.05, 0) is 37.4 Å². The lowest BCUT2D eigenvalue weighted by atomic mass is 9.97. The van der Waals surface area contributed by atoms with Crippen molar-refractivity contribution in [1.29, 1.82) is 0 Å². The lowest BCUT2D eigenvalue weighted by Crippen LogP contribution is -2.44. The number of aromatic nitrogens is 2. The second kappa shape index (κ2) is 8.05. The standard InChI is InChI=1S/C19H25ClN4O2/c20-16-3-4-18-21-17(10-19(25)24(18)13-16)14-23-5-1-2-15(12-23)11-22-6-8-26-9-7-22/h3-4,10,13,15H,1-2,5-9,11-12,14H2/t15-/m1/s1. The first kappa shape index (κ1) is 17.9. The maximum Gasteiger partial charge on any atom is 0.258 e. The Morgan fingerprint density at radius 2 is 2.04 bits per heavy atom. The summed E-state index contributed by atoms with van der Waals surface area (Å²) in [6, 6.07) is 5.20. The van der Waals surface area contributed by atoms with Crippen LogP contribution in [0, 0.1) is 5.92 Å². The minimum absolute atomic E-state index is 0.0747. The van der Waals surface area contributed by atoms with Crippen molar-refractivity contribution in [1.82, 2.24) is 19.2 Å². The number of hydrogen-bond donors (Lipinski definition) is 0. The molecule has 0 saturated carbocycles. The maximum atomic E-state index is 12.3. The summed E-state index contributed by atoms with van der Waals surface area (Å²) in [5.74, 6) is 0.683. The van der Waals surface area contributed by atoms with Crippen molar-refractivity contribution in [2.24, 2.45) is 5.92 Å². The first-order valence-electron chi connectivity index (χ1n) is 9.38. The zero-order valence-corrected chi connectivity index (χ0v) is 15.7. The SMILES string of the molecule is O=c1cc(CN2CCC[C@H](CN3CCOCC3)C2)nc2ccc(Cl)cn12. The average Bonchev–Trinajstić information content (AvgIpc) is 2.64.